The van der Waals surface area contributed by atoms with Crippen LogP contribution in [0.25, 0.3) is 11.1 Å². The van der Waals surface area contributed by atoms with Crippen LogP contribution in [0.4, 0.5) is 5.69 Å². The Bertz CT molecular complexity index is 1010. The van der Waals surface area contributed by atoms with Gasteiger partial charge in [-0.1, -0.05) is 61.9 Å². The summed E-state index contributed by atoms with van der Waals surface area (Å²) in [5, 5.41) is 9.08. The van der Waals surface area contributed by atoms with E-state index in [0.29, 0.717) is 13.0 Å². The van der Waals surface area contributed by atoms with Crippen molar-refractivity contribution in [2.45, 2.75) is 39.7 Å². The first-order valence-electron chi connectivity index (χ1n) is 10.3. The van der Waals surface area contributed by atoms with Crippen LogP contribution < -0.4 is 4.90 Å². The molecule has 154 valence electrons. The van der Waals surface area contributed by atoms with E-state index in [1.165, 1.54) is 0 Å². The largest absolute Gasteiger partial charge is 0.478 e. The van der Waals surface area contributed by atoms with E-state index in [9.17, 15) is 9.59 Å². The predicted octanol–water partition coefficient (Wildman–Crippen LogP) is 6.08. The van der Waals surface area contributed by atoms with Gasteiger partial charge in [-0.2, -0.15) is 0 Å². The molecule has 0 bridgehead atoms. The van der Waals surface area contributed by atoms with Gasteiger partial charge in [-0.15, -0.1) is 0 Å². The molecule has 0 heterocycles. The summed E-state index contributed by atoms with van der Waals surface area (Å²) in [6.45, 7) is 4.65. The van der Waals surface area contributed by atoms with Gasteiger partial charge in [-0.3, -0.25) is 4.79 Å². The zero-order valence-electron chi connectivity index (χ0n) is 17.5. The van der Waals surface area contributed by atoms with Crippen molar-refractivity contribution in [3.05, 3.63) is 89.5 Å². The lowest BCUT2D eigenvalue weighted by atomic mass is 9.97. The Balaban J connectivity index is 1.84. The van der Waals surface area contributed by atoms with Crippen molar-refractivity contribution >= 4 is 17.6 Å². The van der Waals surface area contributed by atoms with Crippen molar-refractivity contribution in [1.82, 2.24) is 0 Å². The minimum Gasteiger partial charge on any atom is -0.478 e. The fourth-order valence-corrected chi connectivity index (χ4v) is 3.52. The summed E-state index contributed by atoms with van der Waals surface area (Å²) in [5.74, 6) is -0.795. The summed E-state index contributed by atoms with van der Waals surface area (Å²) in [6.07, 6.45) is 2.41. The Morgan fingerprint density at radius 1 is 0.933 bits per heavy atom. The number of benzene rings is 3. The summed E-state index contributed by atoms with van der Waals surface area (Å²) in [7, 11) is 0. The molecule has 3 aromatic rings. The first kappa shape index (κ1) is 21.3. The van der Waals surface area contributed by atoms with Crippen LogP contribution in [0.3, 0.4) is 0 Å². The second-order valence-electron chi connectivity index (χ2n) is 7.45. The number of aryl methyl sites for hydroxylation is 1. The van der Waals surface area contributed by atoms with Crippen LogP contribution in [0.1, 0.15) is 47.7 Å². The van der Waals surface area contributed by atoms with Crippen LogP contribution in [0.2, 0.25) is 0 Å². The maximum Gasteiger partial charge on any atom is 0.335 e. The lowest BCUT2D eigenvalue weighted by Gasteiger charge is -2.23. The molecule has 3 rings (SSSR count). The van der Waals surface area contributed by atoms with E-state index in [4.69, 9.17) is 5.11 Å². The van der Waals surface area contributed by atoms with Crippen LogP contribution in [0, 0.1) is 6.92 Å². The number of carbonyl (C=O) groups excluding carboxylic acids is 1. The minimum atomic E-state index is -0.928. The number of nitrogens with zero attached hydrogens (tertiary/aromatic N) is 1. The lowest BCUT2D eigenvalue weighted by molar-refractivity contribution is -0.118. The molecular weight excluding hydrogens is 374 g/mol. The fraction of sp³-hybridized carbons (Fsp3) is 0.231. The third-order valence-corrected chi connectivity index (χ3v) is 5.19. The molecule has 4 nitrogen and oxygen atoms in total. The Hall–Kier alpha value is -3.40. The van der Waals surface area contributed by atoms with Gasteiger partial charge in [-0.25, -0.2) is 4.79 Å². The van der Waals surface area contributed by atoms with Crippen molar-refractivity contribution < 1.29 is 14.7 Å². The summed E-state index contributed by atoms with van der Waals surface area (Å²) in [5.41, 5.74) is 5.36. The number of aromatic carboxylic acids is 1. The quantitative estimate of drug-likeness (QED) is 0.497. The van der Waals surface area contributed by atoms with Gasteiger partial charge in [-0.05, 0) is 59.9 Å². The number of carbonyl (C=O) groups is 2. The molecule has 0 unspecified atom stereocenters. The monoisotopic (exact) mass is 401 g/mol. The van der Waals surface area contributed by atoms with Gasteiger partial charge in [0.2, 0.25) is 5.91 Å². The molecule has 30 heavy (non-hydrogen) atoms. The van der Waals surface area contributed by atoms with Crippen molar-refractivity contribution in [1.29, 1.82) is 0 Å². The fourth-order valence-electron chi connectivity index (χ4n) is 3.52. The Morgan fingerprint density at radius 3 is 2.23 bits per heavy atom. The number of carboxylic acids is 1. The van der Waals surface area contributed by atoms with E-state index in [-0.39, 0.29) is 11.5 Å². The Labute approximate surface area is 177 Å². The SMILES string of the molecule is CCCCC(=O)N(Cc1ccc(-c2ccc(C(=O)O)cc2)c(C)c1)c1ccccc1. The number of hydrogen-bond acceptors (Lipinski definition) is 2. The maximum absolute atomic E-state index is 12.8. The molecule has 0 radical (unpaired) electrons. The zero-order valence-corrected chi connectivity index (χ0v) is 17.5. The second kappa shape index (κ2) is 9.88. The maximum atomic E-state index is 12.8. The zero-order chi connectivity index (χ0) is 21.5. The number of amides is 1. The van der Waals surface area contributed by atoms with E-state index in [1.807, 2.05) is 66.4 Å². The molecule has 0 aliphatic heterocycles. The summed E-state index contributed by atoms with van der Waals surface area (Å²) < 4.78 is 0. The number of carboxylic acid groups (broad SMARTS) is 1. The summed E-state index contributed by atoms with van der Waals surface area (Å²) in [6, 6.07) is 22.9. The number of rotatable bonds is 8. The summed E-state index contributed by atoms with van der Waals surface area (Å²) in [4.78, 5) is 25.8. The molecule has 0 atom stereocenters. The van der Waals surface area contributed by atoms with Crippen LogP contribution in [0.5, 0.6) is 0 Å². The molecular formula is C26H27NO3. The summed E-state index contributed by atoms with van der Waals surface area (Å²) >= 11 is 0. The molecule has 0 saturated carbocycles. The first-order chi connectivity index (χ1) is 14.5. The number of para-hydroxylation sites is 1. The highest BCUT2D eigenvalue weighted by atomic mass is 16.4. The van der Waals surface area contributed by atoms with Crippen molar-refractivity contribution in [2.24, 2.45) is 0 Å². The molecule has 4 heteroatoms. The topological polar surface area (TPSA) is 57.6 Å². The van der Waals surface area contributed by atoms with Gasteiger partial charge in [0.15, 0.2) is 0 Å². The highest BCUT2D eigenvalue weighted by molar-refractivity contribution is 5.93. The Kier molecular flexibility index (Phi) is 7.02. The van der Waals surface area contributed by atoms with Crippen molar-refractivity contribution in [3.8, 4) is 11.1 Å². The van der Waals surface area contributed by atoms with Crippen LogP contribution in [0.15, 0.2) is 72.8 Å². The molecule has 3 aromatic carbocycles. The van der Waals surface area contributed by atoms with Crippen LogP contribution in [-0.4, -0.2) is 17.0 Å². The standard InChI is InChI=1S/C26H27NO3/c1-3-4-10-25(28)27(23-8-6-5-7-9-23)18-20-11-16-24(19(2)17-20)21-12-14-22(15-13-21)26(29)30/h5-9,11-17H,3-4,10,18H2,1-2H3,(H,29,30). The third kappa shape index (κ3) is 5.15. The van der Waals surface area contributed by atoms with Crippen molar-refractivity contribution in [3.63, 3.8) is 0 Å². The van der Waals surface area contributed by atoms with Gasteiger partial charge < -0.3 is 10.0 Å². The number of hydrogen-bond donors (Lipinski definition) is 1. The van der Waals surface area contributed by atoms with Crippen LogP contribution >= 0.6 is 0 Å². The number of anilines is 1. The normalized spacial score (nSPS) is 10.6. The van der Waals surface area contributed by atoms with Crippen molar-refractivity contribution in [2.75, 3.05) is 4.90 Å². The van der Waals surface area contributed by atoms with Gasteiger partial charge >= 0.3 is 5.97 Å². The minimum absolute atomic E-state index is 0.133. The highest BCUT2D eigenvalue weighted by Gasteiger charge is 2.16. The smallest absolute Gasteiger partial charge is 0.335 e. The van der Waals surface area contributed by atoms with E-state index >= 15 is 0 Å². The third-order valence-electron chi connectivity index (χ3n) is 5.19. The van der Waals surface area contributed by atoms with Gasteiger partial charge in [0, 0.05) is 12.1 Å². The predicted molar refractivity (Wildman–Crippen MR) is 121 cm³/mol. The molecule has 0 aliphatic rings. The molecule has 0 fully saturated rings. The van der Waals surface area contributed by atoms with E-state index in [1.54, 1.807) is 12.1 Å². The number of unbranched alkanes of at least 4 members (excludes halogenated alkanes) is 1. The van der Waals surface area contributed by atoms with E-state index in [0.717, 1.165) is 40.8 Å². The van der Waals surface area contributed by atoms with Gasteiger partial charge in [0.1, 0.15) is 0 Å². The highest BCUT2D eigenvalue weighted by Crippen LogP contribution is 2.26. The molecule has 1 N–H and O–H groups in total. The van der Waals surface area contributed by atoms with Gasteiger partial charge in [0.05, 0.1) is 12.1 Å². The van der Waals surface area contributed by atoms with Gasteiger partial charge in [0.25, 0.3) is 0 Å². The molecule has 0 spiro atoms. The molecule has 0 saturated heterocycles. The average molecular weight is 402 g/mol. The van der Waals surface area contributed by atoms with E-state index < -0.39 is 5.97 Å². The first-order valence-corrected chi connectivity index (χ1v) is 10.3. The molecule has 0 aliphatic carbocycles. The molecule has 0 aromatic heterocycles. The Morgan fingerprint density at radius 2 is 1.63 bits per heavy atom. The lowest BCUT2D eigenvalue weighted by Crippen LogP contribution is -2.30. The second-order valence-corrected chi connectivity index (χ2v) is 7.45. The molecule has 1 amide bonds. The van der Waals surface area contributed by atoms with E-state index in [2.05, 4.69) is 13.0 Å². The van der Waals surface area contributed by atoms with Crippen LogP contribution in [-0.2, 0) is 11.3 Å². The average Bonchev–Trinajstić information content (AvgIpc) is 2.76.